The molecule has 0 aliphatic carbocycles. The summed E-state index contributed by atoms with van der Waals surface area (Å²) in [5, 5.41) is 19.2. The number of benzene rings is 1. The lowest BCUT2D eigenvalue weighted by Gasteiger charge is -2.30. The van der Waals surface area contributed by atoms with Crippen LogP contribution in [-0.4, -0.2) is 22.0 Å². The Bertz CT molecular complexity index is 544. The Balaban J connectivity index is 3.00. The summed E-state index contributed by atoms with van der Waals surface area (Å²) in [5.41, 5.74) is 0.0275. The van der Waals surface area contributed by atoms with Gasteiger partial charge >= 0.3 is 11.9 Å². The van der Waals surface area contributed by atoms with Gasteiger partial charge in [0.1, 0.15) is 12.5 Å². The smallest absolute Gasteiger partial charge is 0.317 e. The van der Waals surface area contributed by atoms with Gasteiger partial charge in [0, 0.05) is 17.5 Å². The molecule has 7 heteroatoms. The van der Waals surface area contributed by atoms with Crippen molar-refractivity contribution in [2.24, 2.45) is 5.41 Å². The Hall–Kier alpha value is -2.44. The topological polar surface area (TPSA) is 107 Å². The molecule has 0 spiro atoms. The van der Waals surface area contributed by atoms with E-state index in [-0.39, 0.29) is 5.69 Å². The average molecular weight is 295 g/mol. The molecule has 0 bridgehead atoms. The second kappa shape index (κ2) is 6.34. The predicted molar refractivity (Wildman–Crippen MR) is 73.6 cm³/mol. The number of carboxylic acid groups (broad SMARTS) is 1. The quantitative estimate of drug-likeness (QED) is 0.387. The maximum atomic E-state index is 11.5. The van der Waals surface area contributed by atoms with Gasteiger partial charge in [-0.3, -0.25) is 19.7 Å². The molecule has 1 N–H and O–H groups in total. The van der Waals surface area contributed by atoms with Crippen LogP contribution in [0.5, 0.6) is 0 Å². The molecule has 0 saturated carbocycles. The molecule has 0 saturated heterocycles. The van der Waals surface area contributed by atoms with Crippen LogP contribution in [0, 0.1) is 15.5 Å². The summed E-state index contributed by atoms with van der Waals surface area (Å²) in [6, 6.07) is 5.64. The Morgan fingerprint density at radius 2 is 1.81 bits per heavy atom. The maximum Gasteiger partial charge on any atom is 0.317 e. The van der Waals surface area contributed by atoms with E-state index in [4.69, 9.17) is 9.84 Å². The zero-order chi connectivity index (χ0) is 16.2. The fraction of sp³-hybridized carbons (Fsp3) is 0.429. The summed E-state index contributed by atoms with van der Waals surface area (Å²) in [5.74, 6) is -2.11. The van der Waals surface area contributed by atoms with E-state index in [1.54, 1.807) is 0 Å². The molecule has 1 rings (SSSR count). The van der Waals surface area contributed by atoms with Crippen LogP contribution in [0.3, 0.4) is 0 Å². The van der Waals surface area contributed by atoms with Crippen molar-refractivity contribution in [1.29, 1.82) is 0 Å². The number of carboxylic acids is 1. The molecule has 0 heterocycles. The highest BCUT2D eigenvalue weighted by atomic mass is 16.6. The SMILES string of the molecule is CC(C)(C)C(OC(=O)CC(=O)O)c1ccc([N+](=O)[O-])cc1. The molecule has 1 aromatic rings. The minimum atomic E-state index is -1.27. The number of hydrogen-bond donors (Lipinski definition) is 1. The van der Waals surface area contributed by atoms with Crippen molar-refractivity contribution in [3.05, 3.63) is 39.9 Å². The minimum Gasteiger partial charge on any atom is -0.481 e. The first kappa shape index (κ1) is 16.6. The third-order valence-electron chi connectivity index (χ3n) is 2.74. The third kappa shape index (κ3) is 4.87. The standard InChI is InChI=1S/C14H17NO6/c1-14(2,3)13(21-12(18)8-11(16)17)9-4-6-10(7-5-9)15(19)20/h4-7,13H,8H2,1-3H3,(H,16,17). The van der Waals surface area contributed by atoms with Gasteiger partial charge in [0.25, 0.3) is 5.69 Å². The van der Waals surface area contributed by atoms with E-state index in [2.05, 4.69) is 0 Å². The van der Waals surface area contributed by atoms with E-state index in [0.717, 1.165) is 0 Å². The van der Waals surface area contributed by atoms with Gasteiger partial charge in [0.05, 0.1) is 4.92 Å². The lowest BCUT2D eigenvalue weighted by atomic mass is 9.84. The van der Waals surface area contributed by atoms with Gasteiger partial charge in [-0.15, -0.1) is 0 Å². The number of carbonyl (C=O) groups excluding carboxylic acids is 1. The summed E-state index contributed by atoms with van der Waals surface area (Å²) in [6.45, 7) is 5.48. The lowest BCUT2D eigenvalue weighted by Crippen LogP contribution is -2.25. The summed E-state index contributed by atoms with van der Waals surface area (Å²) in [6.07, 6.45) is -1.41. The number of non-ortho nitro benzene ring substituents is 1. The summed E-state index contributed by atoms with van der Waals surface area (Å²) in [4.78, 5) is 32.2. The number of ether oxygens (including phenoxy) is 1. The van der Waals surface area contributed by atoms with Crippen molar-refractivity contribution in [3.63, 3.8) is 0 Å². The summed E-state index contributed by atoms with van der Waals surface area (Å²) >= 11 is 0. The van der Waals surface area contributed by atoms with Crippen molar-refractivity contribution < 1.29 is 24.4 Å². The van der Waals surface area contributed by atoms with Crippen LogP contribution in [0.2, 0.25) is 0 Å². The highest BCUT2D eigenvalue weighted by molar-refractivity contribution is 5.90. The zero-order valence-corrected chi connectivity index (χ0v) is 12.0. The van der Waals surface area contributed by atoms with Crippen molar-refractivity contribution in [3.8, 4) is 0 Å². The molecular formula is C14H17NO6. The molecule has 0 aliphatic rings. The van der Waals surface area contributed by atoms with E-state index in [1.165, 1.54) is 24.3 Å². The van der Waals surface area contributed by atoms with Crippen LogP contribution >= 0.6 is 0 Å². The van der Waals surface area contributed by atoms with Crippen LogP contribution in [-0.2, 0) is 14.3 Å². The van der Waals surface area contributed by atoms with Gasteiger partial charge < -0.3 is 9.84 Å². The van der Waals surface area contributed by atoms with E-state index < -0.39 is 34.8 Å². The number of carbonyl (C=O) groups is 2. The van der Waals surface area contributed by atoms with E-state index in [9.17, 15) is 19.7 Å². The fourth-order valence-electron chi connectivity index (χ4n) is 1.81. The Morgan fingerprint density at radius 3 is 2.19 bits per heavy atom. The Labute approximate surface area is 121 Å². The molecule has 0 aliphatic heterocycles. The van der Waals surface area contributed by atoms with Gasteiger partial charge in [-0.2, -0.15) is 0 Å². The van der Waals surface area contributed by atoms with Gasteiger partial charge in [-0.1, -0.05) is 20.8 Å². The number of aliphatic carboxylic acids is 1. The molecule has 1 unspecified atom stereocenters. The highest BCUT2D eigenvalue weighted by Gasteiger charge is 2.30. The third-order valence-corrected chi connectivity index (χ3v) is 2.74. The van der Waals surface area contributed by atoms with Gasteiger partial charge in [0.2, 0.25) is 0 Å². The minimum absolute atomic E-state index is 0.0664. The first-order chi connectivity index (χ1) is 9.61. The molecule has 0 radical (unpaired) electrons. The molecule has 1 atom stereocenters. The molecule has 21 heavy (non-hydrogen) atoms. The molecule has 114 valence electrons. The molecule has 0 amide bonds. The fourth-order valence-corrected chi connectivity index (χ4v) is 1.81. The van der Waals surface area contributed by atoms with E-state index in [1.807, 2.05) is 20.8 Å². The van der Waals surface area contributed by atoms with Crippen LogP contribution in [0.4, 0.5) is 5.69 Å². The monoisotopic (exact) mass is 295 g/mol. The van der Waals surface area contributed by atoms with Crippen molar-refractivity contribution in [1.82, 2.24) is 0 Å². The Morgan fingerprint density at radius 1 is 1.29 bits per heavy atom. The second-order valence-electron chi connectivity index (χ2n) is 5.66. The Kier molecular flexibility index (Phi) is 5.02. The van der Waals surface area contributed by atoms with Crippen LogP contribution in [0.25, 0.3) is 0 Å². The molecule has 0 fully saturated rings. The van der Waals surface area contributed by atoms with Gasteiger partial charge in [-0.25, -0.2) is 0 Å². The molecule has 0 aromatic heterocycles. The van der Waals surface area contributed by atoms with Crippen molar-refractivity contribution in [2.75, 3.05) is 0 Å². The number of nitrogens with zero attached hydrogens (tertiary/aromatic N) is 1. The predicted octanol–water partition coefficient (Wildman–Crippen LogP) is 2.70. The number of rotatable bonds is 5. The number of nitro groups is 1. The van der Waals surface area contributed by atoms with Crippen LogP contribution in [0.1, 0.15) is 38.9 Å². The molecule has 1 aromatic carbocycles. The van der Waals surface area contributed by atoms with Crippen molar-refractivity contribution >= 4 is 17.6 Å². The number of esters is 1. The summed E-state index contributed by atoms with van der Waals surface area (Å²) in [7, 11) is 0. The van der Waals surface area contributed by atoms with Gasteiger partial charge in [-0.05, 0) is 17.7 Å². The highest BCUT2D eigenvalue weighted by Crippen LogP contribution is 2.36. The van der Waals surface area contributed by atoms with E-state index >= 15 is 0 Å². The largest absolute Gasteiger partial charge is 0.481 e. The van der Waals surface area contributed by atoms with Crippen LogP contribution in [0.15, 0.2) is 24.3 Å². The molecular weight excluding hydrogens is 278 g/mol. The van der Waals surface area contributed by atoms with E-state index in [0.29, 0.717) is 5.56 Å². The lowest BCUT2D eigenvalue weighted by molar-refractivity contribution is -0.384. The first-order valence-corrected chi connectivity index (χ1v) is 6.27. The van der Waals surface area contributed by atoms with Crippen LogP contribution < -0.4 is 0 Å². The van der Waals surface area contributed by atoms with Crippen molar-refractivity contribution in [2.45, 2.75) is 33.3 Å². The zero-order valence-electron chi connectivity index (χ0n) is 12.0. The van der Waals surface area contributed by atoms with Gasteiger partial charge in [0.15, 0.2) is 0 Å². The molecule has 7 nitrogen and oxygen atoms in total. The number of hydrogen-bond acceptors (Lipinski definition) is 5. The second-order valence-corrected chi connectivity index (χ2v) is 5.66. The maximum absolute atomic E-state index is 11.5. The first-order valence-electron chi connectivity index (χ1n) is 6.27. The normalized spacial score (nSPS) is 12.5. The average Bonchev–Trinajstić information content (AvgIpc) is 2.34. The number of nitro benzene ring substituents is 1. The summed E-state index contributed by atoms with van der Waals surface area (Å²) < 4.78 is 5.22.